The van der Waals surface area contributed by atoms with Crippen LogP contribution in [0.25, 0.3) is 0 Å². The van der Waals surface area contributed by atoms with Crippen molar-refractivity contribution in [3.63, 3.8) is 0 Å². The summed E-state index contributed by atoms with van der Waals surface area (Å²) < 4.78 is 6.98. The van der Waals surface area contributed by atoms with Crippen molar-refractivity contribution in [1.29, 1.82) is 0 Å². The molecular weight excluding hydrogens is 410 g/mol. The number of thioether (sulfide) groups is 1. The molecule has 3 rings (SSSR count). The Morgan fingerprint density at radius 3 is 2.76 bits per heavy atom. The molecular formula is C19H27N5O3S2. The average molecular weight is 438 g/mol. The van der Waals surface area contributed by atoms with Crippen LogP contribution in [0.1, 0.15) is 60.2 Å². The van der Waals surface area contributed by atoms with E-state index in [-0.39, 0.29) is 11.7 Å². The van der Waals surface area contributed by atoms with Crippen molar-refractivity contribution in [2.45, 2.75) is 57.5 Å². The van der Waals surface area contributed by atoms with Crippen molar-refractivity contribution in [2.75, 3.05) is 17.7 Å². The van der Waals surface area contributed by atoms with Gasteiger partial charge in [-0.3, -0.25) is 4.79 Å². The Morgan fingerprint density at radius 2 is 2.03 bits per heavy atom. The standard InChI is InChI=1S/C19H27N5O3S2/c1-4-27-17(26)16-12(2)20-18(29-16)21-15(25)11-28-19-23-22-14(24(19)3)10-13-8-6-5-7-9-13/h13H,4-11H2,1-3H3,(H,20,21,25). The van der Waals surface area contributed by atoms with Crippen molar-refractivity contribution in [3.05, 3.63) is 16.4 Å². The minimum Gasteiger partial charge on any atom is -0.462 e. The maximum absolute atomic E-state index is 12.3. The quantitative estimate of drug-likeness (QED) is 0.497. The van der Waals surface area contributed by atoms with Crippen LogP contribution in [0.4, 0.5) is 5.13 Å². The van der Waals surface area contributed by atoms with E-state index in [1.54, 1.807) is 13.8 Å². The molecule has 29 heavy (non-hydrogen) atoms. The lowest BCUT2D eigenvalue weighted by molar-refractivity contribution is -0.113. The van der Waals surface area contributed by atoms with Crippen molar-refractivity contribution in [2.24, 2.45) is 13.0 Å². The molecule has 1 saturated carbocycles. The number of rotatable bonds is 8. The summed E-state index contributed by atoms with van der Waals surface area (Å²) in [6.07, 6.45) is 7.42. The lowest BCUT2D eigenvalue weighted by Gasteiger charge is -2.20. The number of aromatic nitrogens is 4. The van der Waals surface area contributed by atoms with E-state index < -0.39 is 5.97 Å². The number of carbonyl (C=O) groups excluding carboxylic acids is 2. The summed E-state index contributed by atoms with van der Waals surface area (Å²) >= 11 is 2.47. The zero-order valence-corrected chi connectivity index (χ0v) is 18.7. The molecule has 1 aliphatic carbocycles. The van der Waals surface area contributed by atoms with E-state index >= 15 is 0 Å². The van der Waals surface area contributed by atoms with E-state index in [0.29, 0.717) is 28.2 Å². The van der Waals surface area contributed by atoms with Crippen molar-refractivity contribution in [3.8, 4) is 0 Å². The lowest BCUT2D eigenvalue weighted by Crippen LogP contribution is -2.15. The minimum absolute atomic E-state index is 0.197. The van der Waals surface area contributed by atoms with Gasteiger partial charge in [0.15, 0.2) is 10.3 Å². The third-order valence-corrected chi connectivity index (χ3v) is 7.03. The molecule has 2 aromatic heterocycles. The van der Waals surface area contributed by atoms with Gasteiger partial charge in [0.25, 0.3) is 0 Å². The fourth-order valence-corrected chi connectivity index (χ4v) is 5.03. The molecule has 1 aliphatic rings. The zero-order valence-electron chi connectivity index (χ0n) is 17.1. The molecule has 1 N–H and O–H groups in total. The minimum atomic E-state index is -0.415. The number of aryl methyl sites for hydroxylation is 1. The van der Waals surface area contributed by atoms with Crippen LogP contribution >= 0.6 is 23.1 Å². The number of anilines is 1. The smallest absolute Gasteiger partial charge is 0.350 e. The van der Waals surface area contributed by atoms with Crippen LogP contribution < -0.4 is 5.32 Å². The van der Waals surface area contributed by atoms with Gasteiger partial charge in [-0.25, -0.2) is 9.78 Å². The first kappa shape index (κ1) is 21.8. The Balaban J connectivity index is 1.52. The first-order valence-corrected chi connectivity index (χ1v) is 11.7. The van der Waals surface area contributed by atoms with Crippen molar-refractivity contribution >= 4 is 40.1 Å². The van der Waals surface area contributed by atoms with Gasteiger partial charge in [-0.05, 0) is 19.8 Å². The first-order valence-electron chi connectivity index (χ1n) is 9.93. The number of nitrogens with zero attached hydrogens (tertiary/aromatic N) is 4. The van der Waals surface area contributed by atoms with Crippen LogP contribution in [0.15, 0.2) is 5.16 Å². The molecule has 10 heteroatoms. The van der Waals surface area contributed by atoms with Gasteiger partial charge in [0.2, 0.25) is 5.91 Å². The number of amides is 1. The Morgan fingerprint density at radius 1 is 1.28 bits per heavy atom. The molecule has 2 aromatic rings. The van der Waals surface area contributed by atoms with Gasteiger partial charge in [-0.15, -0.1) is 10.2 Å². The van der Waals surface area contributed by atoms with E-state index in [2.05, 4.69) is 20.5 Å². The fraction of sp³-hybridized carbons (Fsp3) is 0.632. The molecule has 158 valence electrons. The molecule has 0 aromatic carbocycles. The molecule has 0 unspecified atom stereocenters. The van der Waals surface area contributed by atoms with Crippen LogP contribution in [-0.2, 0) is 23.0 Å². The second kappa shape index (κ2) is 10.2. The maximum Gasteiger partial charge on any atom is 0.350 e. The van der Waals surface area contributed by atoms with Crippen LogP contribution in [-0.4, -0.2) is 44.0 Å². The number of carbonyl (C=O) groups is 2. The van der Waals surface area contributed by atoms with Gasteiger partial charge in [-0.1, -0.05) is 55.2 Å². The third kappa shape index (κ3) is 5.79. The summed E-state index contributed by atoms with van der Waals surface area (Å²) in [5, 5.41) is 12.4. The van der Waals surface area contributed by atoms with E-state index in [9.17, 15) is 9.59 Å². The molecule has 1 fully saturated rings. The average Bonchev–Trinajstić information content (AvgIpc) is 3.24. The highest BCUT2D eigenvalue weighted by molar-refractivity contribution is 7.99. The molecule has 0 radical (unpaired) electrons. The van der Waals surface area contributed by atoms with E-state index in [4.69, 9.17) is 4.74 Å². The van der Waals surface area contributed by atoms with E-state index in [1.165, 1.54) is 43.9 Å². The van der Waals surface area contributed by atoms with Gasteiger partial charge >= 0.3 is 5.97 Å². The SMILES string of the molecule is CCOC(=O)c1sc(NC(=O)CSc2nnc(CC3CCCCC3)n2C)nc1C. The molecule has 0 atom stereocenters. The number of esters is 1. The zero-order chi connectivity index (χ0) is 20.8. The number of nitrogens with one attached hydrogen (secondary N) is 1. The van der Waals surface area contributed by atoms with E-state index in [1.807, 2.05) is 11.6 Å². The summed E-state index contributed by atoms with van der Waals surface area (Å²) in [5.74, 6) is 1.25. The summed E-state index contributed by atoms with van der Waals surface area (Å²) in [6.45, 7) is 3.77. The molecule has 8 nitrogen and oxygen atoms in total. The third-order valence-electron chi connectivity index (χ3n) is 4.96. The topological polar surface area (TPSA) is 99.0 Å². The lowest BCUT2D eigenvalue weighted by atomic mass is 9.87. The molecule has 0 saturated heterocycles. The fourth-order valence-electron chi connectivity index (χ4n) is 3.42. The number of hydrogen-bond donors (Lipinski definition) is 1. The summed E-state index contributed by atoms with van der Waals surface area (Å²) in [6, 6.07) is 0. The maximum atomic E-state index is 12.3. The second-order valence-electron chi connectivity index (χ2n) is 7.16. The highest BCUT2D eigenvalue weighted by Crippen LogP contribution is 2.27. The van der Waals surface area contributed by atoms with Gasteiger partial charge in [-0.2, -0.15) is 0 Å². The molecule has 0 spiro atoms. The summed E-state index contributed by atoms with van der Waals surface area (Å²) in [5.41, 5.74) is 0.553. The van der Waals surface area contributed by atoms with Crippen LogP contribution in [0.2, 0.25) is 0 Å². The molecule has 2 heterocycles. The summed E-state index contributed by atoms with van der Waals surface area (Å²) in [4.78, 5) is 28.8. The Bertz CT molecular complexity index is 858. The van der Waals surface area contributed by atoms with Gasteiger partial charge in [0.1, 0.15) is 10.7 Å². The van der Waals surface area contributed by atoms with Crippen molar-refractivity contribution in [1.82, 2.24) is 19.7 Å². The predicted octanol–water partition coefficient (Wildman–Crippen LogP) is 3.61. The van der Waals surface area contributed by atoms with E-state index in [0.717, 1.165) is 28.7 Å². The number of hydrogen-bond acceptors (Lipinski definition) is 8. The number of thiazole rings is 1. The highest BCUT2D eigenvalue weighted by atomic mass is 32.2. The van der Waals surface area contributed by atoms with Gasteiger partial charge in [0.05, 0.1) is 18.1 Å². The Kier molecular flexibility index (Phi) is 7.65. The first-order chi connectivity index (χ1) is 14.0. The normalized spacial score (nSPS) is 14.7. The van der Waals surface area contributed by atoms with Crippen molar-refractivity contribution < 1.29 is 14.3 Å². The largest absolute Gasteiger partial charge is 0.462 e. The highest BCUT2D eigenvalue weighted by Gasteiger charge is 2.20. The Hall–Kier alpha value is -1.94. The Labute approximate surface area is 178 Å². The molecule has 1 amide bonds. The van der Waals surface area contributed by atoms with Gasteiger partial charge < -0.3 is 14.6 Å². The summed E-state index contributed by atoms with van der Waals surface area (Å²) in [7, 11) is 1.95. The monoisotopic (exact) mass is 437 g/mol. The number of ether oxygens (including phenoxy) is 1. The predicted molar refractivity (Wildman–Crippen MR) is 113 cm³/mol. The van der Waals surface area contributed by atoms with Crippen LogP contribution in [0.3, 0.4) is 0 Å². The van der Waals surface area contributed by atoms with Gasteiger partial charge in [0, 0.05) is 13.5 Å². The molecule has 0 bridgehead atoms. The molecule has 0 aliphatic heterocycles. The van der Waals surface area contributed by atoms with Crippen LogP contribution in [0.5, 0.6) is 0 Å². The second-order valence-corrected chi connectivity index (χ2v) is 9.10. The van der Waals surface area contributed by atoms with Crippen LogP contribution in [0, 0.1) is 12.8 Å².